The number of nitrogens with zero attached hydrogens (tertiary/aromatic N) is 1. The third-order valence-electron chi connectivity index (χ3n) is 2.97. The maximum atomic E-state index is 5.85. The molecule has 4 heteroatoms. The summed E-state index contributed by atoms with van der Waals surface area (Å²) in [6.07, 6.45) is 5.33. The van der Waals surface area contributed by atoms with Gasteiger partial charge in [-0.25, -0.2) is 4.98 Å². The molecule has 1 aromatic heterocycles. The van der Waals surface area contributed by atoms with Crippen LogP contribution in [0.2, 0.25) is 0 Å². The Morgan fingerprint density at radius 1 is 1.40 bits per heavy atom. The van der Waals surface area contributed by atoms with Gasteiger partial charge in [0.25, 0.3) is 0 Å². The van der Waals surface area contributed by atoms with E-state index in [4.69, 9.17) is 4.74 Å². The fourth-order valence-electron chi connectivity index (χ4n) is 1.94. The molecule has 15 heavy (non-hydrogen) atoms. The van der Waals surface area contributed by atoms with Gasteiger partial charge in [-0.3, -0.25) is 0 Å². The summed E-state index contributed by atoms with van der Waals surface area (Å²) in [6.45, 7) is 2.10. The van der Waals surface area contributed by atoms with Crippen molar-refractivity contribution in [1.29, 1.82) is 0 Å². The second-order valence-electron chi connectivity index (χ2n) is 4.38. The molecule has 1 N–H and O–H groups in total. The normalized spacial score (nSPS) is 26.5. The Morgan fingerprint density at radius 3 is 3.07 bits per heavy atom. The number of nitrogens with one attached hydrogen (secondary N) is 1. The highest BCUT2D eigenvalue weighted by Crippen LogP contribution is 2.42. The molecule has 3 nitrogen and oxygen atoms in total. The van der Waals surface area contributed by atoms with E-state index in [1.807, 2.05) is 0 Å². The van der Waals surface area contributed by atoms with Gasteiger partial charge in [-0.1, -0.05) is 0 Å². The number of piperidine rings is 1. The highest BCUT2D eigenvalue weighted by Gasteiger charge is 2.27. The van der Waals surface area contributed by atoms with Crippen molar-refractivity contribution in [3.63, 3.8) is 0 Å². The monoisotopic (exact) mass is 224 g/mol. The lowest BCUT2D eigenvalue weighted by Crippen LogP contribution is -2.37. The predicted molar refractivity (Wildman–Crippen MR) is 60.6 cm³/mol. The maximum absolute atomic E-state index is 5.85. The number of thiazole rings is 1. The number of hydrogen-bond donors (Lipinski definition) is 1. The van der Waals surface area contributed by atoms with Gasteiger partial charge in [0.15, 0.2) is 0 Å². The molecule has 2 fully saturated rings. The zero-order valence-electron chi connectivity index (χ0n) is 8.74. The van der Waals surface area contributed by atoms with E-state index in [2.05, 4.69) is 15.7 Å². The van der Waals surface area contributed by atoms with E-state index < -0.39 is 0 Å². The SMILES string of the molecule is c1sc(C2CC2)nc1OC1CCCNC1. The van der Waals surface area contributed by atoms with Crippen molar-refractivity contribution in [2.24, 2.45) is 0 Å². The molecule has 1 saturated heterocycles. The van der Waals surface area contributed by atoms with E-state index in [-0.39, 0.29) is 0 Å². The third kappa shape index (κ3) is 2.32. The molecular formula is C11H16N2OS. The van der Waals surface area contributed by atoms with Crippen LogP contribution in [0.5, 0.6) is 5.88 Å². The first-order valence-electron chi connectivity index (χ1n) is 5.74. The first-order valence-corrected chi connectivity index (χ1v) is 6.62. The Kier molecular flexibility index (Phi) is 2.63. The van der Waals surface area contributed by atoms with Crippen molar-refractivity contribution in [2.45, 2.75) is 37.7 Å². The van der Waals surface area contributed by atoms with Gasteiger partial charge in [0.1, 0.15) is 6.10 Å². The standard InChI is InChI=1S/C11H16N2OS/c1-2-9(6-12-5-1)14-10-7-15-11(13-10)8-3-4-8/h7-9,12H,1-6H2. The molecule has 0 amide bonds. The average Bonchev–Trinajstić information content (AvgIpc) is 3.02. The van der Waals surface area contributed by atoms with Crippen LogP contribution >= 0.6 is 11.3 Å². The maximum Gasteiger partial charge on any atom is 0.224 e. The van der Waals surface area contributed by atoms with Gasteiger partial charge in [-0.2, -0.15) is 0 Å². The summed E-state index contributed by atoms with van der Waals surface area (Å²) < 4.78 is 5.85. The van der Waals surface area contributed by atoms with E-state index in [0.717, 1.165) is 31.3 Å². The first kappa shape index (κ1) is 9.60. The Hall–Kier alpha value is -0.610. The summed E-state index contributed by atoms with van der Waals surface area (Å²) in [6, 6.07) is 0. The molecule has 2 heterocycles. The van der Waals surface area contributed by atoms with Crippen molar-refractivity contribution in [2.75, 3.05) is 13.1 Å². The molecule has 1 aliphatic heterocycles. The summed E-state index contributed by atoms with van der Waals surface area (Å²) in [5, 5.41) is 6.68. The van der Waals surface area contributed by atoms with Crippen molar-refractivity contribution < 1.29 is 4.74 Å². The van der Waals surface area contributed by atoms with Crippen molar-refractivity contribution >= 4 is 11.3 Å². The second kappa shape index (κ2) is 4.10. The van der Waals surface area contributed by atoms with Crippen molar-refractivity contribution in [3.8, 4) is 5.88 Å². The number of hydrogen-bond acceptors (Lipinski definition) is 4. The molecule has 2 aliphatic rings. The summed E-state index contributed by atoms with van der Waals surface area (Å²) in [5.74, 6) is 1.59. The Balaban J connectivity index is 1.60. The van der Waals surface area contributed by atoms with Gasteiger partial charge in [0.2, 0.25) is 5.88 Å². The lowest BCUT2D eigenvalue weighted by molar-refractivity contribution is 0.161. The molecule has 82 valence electrons. The van der Waals surface area contributed by atoms with Crippen LogP contribution in [0.1, 0.15) is 36.6 Å². The van der Waals surface area contributed by atoms with E-state index in [9.17, 15) is 0 Å². The van der Waals surface area contributed by atoms with Crippen LogP contribution in [0.4, 0.5) is 0 Å². The quantitative estimate of drug-likeness (QED) is 0.854. The second-order valence-corrected chi connectivity index (χ2v) is 5.27. The zero-order chi connectivity index (χ0) is 10.1. The number of aromatic nitrogens is 1. The molecule has 1 aliphatic carbocycles. The summed E-state index contributed by atoms with van der Waals surface area (Å²) in [4.78, 5) is 4.53. The Morgan fingerprint density at radius 2 is 2.33 bits per heavy atom. The fourth-order valence-corrected chi connectivity index (χ4v) is 2.84. The highest BCUT2D eigenvalue weighted by molar-refractivity contribution is 7.09. The van der Waals surface area contributed by atoms with Gasteiger partial charge < -0.3 is 10.1 Å². The highest BCUT2D eigenvalue weighted by atomic mass is 32.1. The van der Waals surface area contributed by atoms with Crippen LogP contribution in [-0.2, 0) is 0 Å². The van der Waals surface area contributed by atoms with E-state index in [1.54, 1.807) is 11.3 Å². The van der Waals surface area contributed by atoms with Gasteiger partial charge in [-0.05, 0) is 32.2 Å². The topological polar surface area (TPSA) is 34.1 Å². The molecule has 3 rings (SSSR count). The largest absolute Gasteiger partial charge is 0.472 e. The molecule has 0 radical (unpaired) electrons. The minimum Gasteiger partial charge on any atom is -0.472 e. The molecule has 1 aromatic rings. The Bertz CT molecular complexity index is 329. The lowest BCUT2D eigenvalue weighted by Gasteiger charge is -2.22. The first-order chi connectivity index (χ1) is 7.42. The molecule has 1 unspecified atom stereocenters. The van der Waals surface area contributed by atoms with Gasteiger partial charge in [0, 0.05) is 12.5 Å². The van der Waals surface area contributed by atoms with Crippen LogP contribution < -0.4 is 10.1 Å². The molecule has 0 spiro atoms. The molecule has 0 bridgehead atoms. The molecular weight excluding hydrogens is 208 g/mol. The van der Waals surface area contributed by atoms with Gasteiger partial charge >= 0.3 is 0 Å². The summed E-state index contributed by atoms with van der Waals surface area (Å²) in [7, 11) is 0. The van der Waals surface area contributed by atoms with E-state index in [0.29, 0.717) is 6.10 Å². The third-order valence-corrected chi connectivity index (χ3v) is 3.95. The van der Waals surface area contributed by atoms with Crippen LogP contribution in [0.15, 0.2) is 5.38 Å². The zero-order valence-corrected chi connectivity index (χ0v) is 9.55. The van der Waals surface area contributed by atoms with E-state index in [1.165, 1.54) is 24.3 Å². The van der Waals surface area contributed by atoms with Crippen LogP contribution in [-0.4, -0.2) is 24.2 Å². The smallest absolute Gasteiger partial charge is 0.224 e. The molecule has 0 aromatic carbocycles. The summed E-state index contributed by atoms with van der Waals surface area (Å²) in [5.41, 5.74) is 0. The number of ether oxygens (including phenoxy) is 1. The van der Waals surface area contributed by atoms with Crippen LogP contribution in [0, 0.1) is 0 Å². The fraction of sp³-hybridized carbons (Fsp3) is 0.727. The molecule has 1 atom stereocenters. The van der Waals surface area contributed by atoms with Crippen molar-refractivity contribution in [3.05, 3.63) is 10.4 Å². The van der Waals surface area contributed by atoms with Crippen LogP contribution in [0.3, 0.4) is 0 Å². The van der Waals surface area contributed by atoms with E-state index >= 15 is 0 Å². The predicted octanol–water partition coefficient (Wildman–Crippen LogP) is 2.15. The minimum absolute atomic E-state index is 0.327. The van der Waals surface area contributed by atoms with Crippen LogP contribution in [0.25, 0.3) is 0 Å². The van der Waals surface area contributed by atoms with Gasteiger partial charge in [-0.15, -0.1) is 11.3 Å². The lowest BCUT2D eigenvalue weighted by atomic mass is 10.1. The number of rotatable bonds is 3. The summed E-state index contributed by atoms with van der Waals surface area (Å²) >= 11 is 1.75. The Labute approximate surface area is 93.9 Å². The average molecular weight is 224 g/mol. The molecule has 1 saturated carbocycles. The minimum atomic E-state index is 0.327. The van der Waals surface area contributed by atoms with Gasteiger partial charge in [0.05, 0.1) is 10.4 Å². The van der Waals surface area contributed by atoms with Crippen molar-refractivity contribution in [1.82, 2.24) is 10.3 Å².